The number of aryl methyl sites for hydroxylation is 1. The SMILES string of the molecule is COCCCN(CC(=O)N(Cc1ccco1)Cc1cccn1C)C(=O)c1cc(Cl)cc(Cl)c1. The zero-order chi connectivity index (χ0) is 23.8. The molecule has 3 aromatic rings. The second-order valence-corrected chi connectivity index (χ2v) is 8.54. The first-order valence-electron chi connectivity index (χ1n) is 10.5. The normalized spacial score (nSPS) is 10.9. The third-order valence-corrected chi connectivity index (χ3v) is 5.62. The van der Waals surface area contributed by atoms with Crippen molar-refractivity contribution >= 4 is 35.0 Å². The minimum Gasteiger partial charge on any atom is -0.467 e. The summed E-state index contributed by atoms with van der Waals surface area (Å²) >= 11 is 12.2. The minimum absolute atomic E-state index is 0.0994. The minimum atomic E-state index is -0.319. The second-order valence-electron chi connectivity index (χ2n) is 7.67. The number of carbonyl (C=O) groups is 2. The molecule has 7 nitrogen and oxygen atoms in total. The van der Waals surface area contributed by atoms with E-state index in [0.717, 1.165) is 5.69 Å². The van der Waals surface area contributed by atoms with Gasteiger partial charge in [-0.3, -0.25) is 9.59 Å². The molecule has 0 atom stereocenters. The standard InChI is InChI=1S/C24H27Cl2N3O4/c1-27-8-3-6-21(27)15-29(16-22-7-4-11-33-22)23(30)17-28(9-5-10-32-2)24(31)18-12-19(25)14-20(26)13-18/h3-4,6-8,11-14H,5,9-10,15-17H2,1-2H3. The van der Waals surface area contributed by atoms with Crippen LogP contribution in [0.15, 0.2) is 59.3 Å². The van der Waals surface area contributed by atoms with Crippen molar-refractivity contribution in [2.45, 2.75) is 19.5 Å². The van der Waals surface area contributed by atoms with Crippen LogP contribution in [-0.4, -0.2) is 53.0 Å². The van der Waals surface area contributed by atoms with Gasteiger partial charge in [0.15, 0.2) is 0 Å². The monoisotopic (exact) mass is 491 g/mol. The zero-order valence-electron chi connectivity index (χ0n) is 18.7. The molecule has 3 rings (SSSR count). The molecule has 0 unspecified atom stereocenters. The Morgan fingerprint density at radius 3 is 2.42 bits per heavy atom. The highest BCUT2D eigenvalue weighted by Gasteiger charge is 2.24. The van der Waals surface area contributed by atoms with Gasteiger partial charge in [-0.1, -0.05) is 23.2 Å². The van der Waals surface area contributed by atoms with Crippen LogP contribution in [-0.2, 0) is 29.7 Å². The molecule has 176 valence electrons. The molecule has 0 spiro atoms. The summed E-state index contributed by atoms with van der Waals surface area (Å²) in [6.45, 7) is 1.39. The van der Waals surface area contributed by atoms with Crippen LogP contribution in [0.25, 0.3) is 0 Å². The number of hydrogen-bond acceptors (Lipinski definition) is 4. The van der Waals surface area contributed by atoms with Crippen molar-refractivity contribution < 1.29 is 18.7 Å². The zero-order valence-corrected chi connectivity index (χ0v) is 20.2. The third kappa shape index (κ3) is 7.12. The van der Waals surface area contributed by atoms with E-state index in [1.54, 1.807) is 42.5 Å². The maximum absolute atomic E-state index is 13.4. The largest absolute Gasteiger partial charge is 0.467 e. The molecule has 2 amide bonds. The number of nitrogens with zero attached hydrogens (tertiary/aromatic N) is 3. The van der Waals surface area contributed by atoms with Crippen LogP contribution < -0.4 is 0 Å². The van der Waals surface area contributed by atoms with Crippen LogP contribution in [0.5, 0.6) is 0 Å². The van der Waals surface area contributed by atoms with E-state index in [4.69, 9.17) is 32.4 Å². The molecular weight excluding hydrogens is 465 g/mol. The quantitative estimate of drug-likeness (QED) is 0.366. The molecule has 33 heavy (non-hydrogen) atoms. The number of carbonyl (C=O) groups excluding carboxylic acids is 2. The third-order valence-electron chi connectivity index (χ3n) is 5.18. The van der Waals surface area contributed by atoms with Gasteiger partial charge in [0.1, 0.15) is 12.3 Å². The van der Waals surface area contributed by atoms with Gasteiger partial charge >= 0.3 is 0 Å². The summed E-state index contributed by atoms with van der Waals surface area (Å²) in [4.78, 5) is 29.9. The van der Waals surface area contributed by atoms with E-state index in [1.807, 2.05) is 36.0 Å². The molecule has 0 fully saturated rings. The number of halogens is 2. The van der Waals surface area contributed by atoms with Gasteiger partial charge in [-0.05, 0) is 48.9 Å². The van der Waals surface area contributed by atoms with Crippen LogP contribution in [0.2, 0.25) is 10.0 Å². The first-order valence-corrected chi connectivity index (χ1v) is 11.3. The number of hydrogen-bond donors (Lipinski definition) is 0. The number of amides is 2. The summed E-state index contributed by atoms with van der Waals surface area (Å²) in [6.07, 6.45) is 4.08. The molecule has 2 heterocycles. The Balaban J connectivity index is 1.81. The van der Waals surface area contributed by atoms with Crippen molar-refractivity contribution in [2.75, 3.05) is 26.8 Å². The molecule has 0 radical (unpaired) electrons. The molecule has 2 aromatic heterocycles. The van der Waals surface area contributed by atoms with Gasteiger partial charge in [0.25, 0.3) is 5.91 Å². The van der Waals surface area contributed by atoms with E-state index < -0.39 is 0 Å². The van der Waals surface area contributed by atoms with E-state index in [1.165, 1.54) is 4.90 Å². The van der Waals surface area contributed by atoms with Gasteiger partial charge in [-0.2, -0.15) is 0 Å². The van der Waals surface area contributed by atoms with Crippen molar-refractivity contribution in [2.24, 2.45) is 7.05 Å². The summed E-state index contributed by atoms with van der Waals surface area (Å²) in [5, 5.41) is 0.717. The van der Waals surface area contributed by atoms with Crippen LogP contribution in [0.3, 0.4) is 0 Å². The number of rotatable bonds is 11. The molecule has 0 aliphatic heterocycles. The average molecular weight is 492 g/mol. The highest BCUT2D eigenvalue weighted by atomic mass is 35.5. The molecule has 0 saturated carbocycles. The summed E-state index contributed by atoms with van der Waals surface area (Å²) in [7, 11) is 3.52. The van der Waals surface area contributed by atoms with Gasteiger partial charge in [0, 0.05) is 54.8 Å². The fraction of sp³-hybridized carbons (Fsp3) is 0.333. The Bertz CT molecular complexity index is 1050. The summed E-state index contributed by atoms with van der Waals surface area (Å²) in [6, 6.07) is 12.1. The Morgan fingerprint density at radius 2 is 1.82 bits per heavy atom. The second kappa shape index (κ2) is 11.9. The Kier molecular flexibility index (Phi) is 9.00. The average Bonchev–Trinajstić information content (AvgIpc) is 3.43. The van der Waals surface area contributed by atoms with Gasteiger partial charge < -0.3 is 23.5 Å². The van der Waals surface area contributed by atoms with Crippen LogP contribution in [0.4, 0.5) is 0 Å². The first-order chi connectivity index (χ1) is 15.9. The predicted octanol–water partition coefficient (Wildman–Crippen LogP) is 4.63. The molecule has 9 heteroatoms. The van der Waals surface area contributed by atoms with Crippen molar-refractivity contribution in [3.05, 3.63) is 82.0 Å². The Hall–Kier alpha value is -2.74. The lowest BCUT2D eigenvalue weighted by atomic mass is 10.2. The van der Waals surface area contributed by atoms with Gasteiger partial charge in [0.2, 0.25) is 5.91 Å². The lowest BCUT2D eigenvalue weighted by Crippen LogP contribution is -2.43. The van der Waals surface area contributed by atoms with Crippen LogP contribution in [0.1, 0.15) is 28.2 Å². The predicted molar refractivity (Wildman–Crippen MR) is 127 cm³/mol. The van der Waals surface area contributed by atoms with Crippen LogP contribution >= 0.6 is 23.2 Å². The molecular formula is C24H27Cl2N3O4. The number of furan rings is 1. The van der Waals surface area contributed by atoms with Gasteiger partial charge in [0.05, 0.1) is 19.4 Å². The van der Waals surface area contributed by atoms with Crippen molar-refractivity contribution in [1.82, 2.24) is 14.4 Å². The molecule has 1 aromatic carbocycles. The van der Waals surface area contributed by atoms with Crippen molar-refractivity contribution in [3.63, 3.8) is 0 Å². The topological polar surface area (TPSA) is 67.9 Å². The lowest BCUT2D eigenvalue weighted by Gasteiger charge is -2.27. The van der Waals surface area contributed by atoms with Crippen LogP contribution in [0, 0.1) is 0 Å². The smallest absolute Gasteiger partial charge is 0.254 e. The molecule has 0 aliphatic carbocycles. The maximum Gasteiger partial charge on any atom is 0.254 e. The summed E-state index contributed by atoms with van der Waals surface area (Å²) in [5.41, 5.74) is 1.30. The highest BCUT2D eigenvalue weighted by Crippen LogP contribution is 2.21. The Labute approximate surface area is 203 Å². The first kappa shape index (κ1) is 24.9. The fourth-order valence-corrected chi connectivity index (χ4v) is 3.98. The fourth-order valence-electron chi connectivity index (χ4n) is 3.45. The van der Waals surface area contributed by atoms with Crippen molar-refractivity contribution in [1.29, 1.82) is 0 Å². The summed E-state index contributed by atoms with van der Waals surface area (Å²) < 4.78 is 12.6. The highest BCUT2D eigenvalue weighted by molar-refractivity contribution is 6.35. The van der Waals surface area contributed by atoms with E-state index in [-0.39, 0.29) is 18.4 Å². The molecule has 0 aliphatic rings. The molecule has 0 saturated heterocycles. The van der Waals surface area contributed by atoms with E-state index >= 15 is 0 Å². The van der Waals surface area contributed by atoms with Gasteiger partial charge in [-0.15, -0.1) is 0 Å². The maximum atomic E-state index is 13.4. The number of ether oxygens (including phenoxy) is 1. The molecule has 0 bridgehead atoms. The lowest BCUT2D eigenvalue weighted by molar-refractivity contribution is -0.133. The number of aromatic nitrogens is 1. The van der Waals surface area contributed by atoms with Crippen molar-refractivity contribution in [3.8, 4) is 0 Å². The van der Waals surface area contributed by atoms with E-state index in [2.05, 4.69) is 0 Å². The van der Waals surface area contributed by atoms with E-state index in [9.17, 15) is 9.59 Å². The summed E-state index contributed by atoms with van der Waals surface area (Å²) in [5.74, 6) is 0.142. The number of benzene rings is 1. The number of methoxy groups -OCH3 is 1. The van der Waals surface area contributed by atoms with E-state index in [0.29, 0.717) is 54.0 Å². The Morgan fingerprint density at radius 1 is 1.06 bits per heavy atom. The molecule has 0 N–H and O–H groups in total. The van der Waals surface area contributed by atoms with Gasteiger partial charge in [-0.25, -0.2) is 0 Å².